The van der Waals surface area contributed by atoms with Gasteiger partial charge in [0.15, 0.2) is 0 Å². The molecule has 2 amide bonds. The molecule has 32 heavy (non-hydrogen) atoms. The van der Waals surface area contributed by atoms with Crippen molar-refractivity contribution in [2.75, 3.05) is 31.1 Å². The number of hydrogen-bond acceptors (Lipinski definition) is 6. The first-order chi connectivity index (χ1) is 15.5. The molecular formula is C23H24N4O5. The zero-order valence-corrected chi connectivity index (χ0v) is 17.7. The van der Waals surface area contributed by atoms with E-state index in [2.05, 4.69) is 10.2 Å². The average Bonchev–Trinajstić information content (AvgIpc) is 3.19. The maximum atomic E-state index is 12.4. The van der Waals surface area contributed by atoms with Crippen molar-refractivity contribution in [3.05, 3.63) is 71.2 Å². The Hall–Kier alpha value is -4.01. The van der Waals surface area contributed by atoms with E-state index in [-0.39, 0.29) is 18.7 Å². The van der Waals surface area contributed by atoms with Crippen LogP contribution in [0.2, 0.25) is 0 Å². The van der Waals surface area contributed by atoms with Gasteiger partial charge in [-0.2, -0.15) is 4.74 Å². The Morgan fingerprint density at radius 1 is 1.00 bits per heavy atom. The number of nitrogens with one attached hydrogen (secondary N) is 1. The summed E-state index contributed by atoms with van der Waals surface area (Å²) in [5.74, 6) is 0.326. The molecule has 1 aliphatic heterocycles. The summed E-state index contributed by atoms with van der Waals surface area (Å²) in [6, 6.07) is 16.6. The van der Waals surface area contributed by atoms with Crippen LogP contribution in [-0.4, -0.2) is 47.8 Å². The molecule has 9 heteroatoms. The number of benzene rings is 2. The Balaban J connectivity index is 1.35. The lowest BCUT2D eigenvalue weighted by Gasteiger charge is -2.35. The fourth-order valence-electron chi connectivity index (χ4n) is 3.49. The largest absolute Gasteiger partial charge is 0.415 e. The van der Waals surface area contributed by atoms with Gasteiger partial charge < -0.3 is 24.4 Å². The van der Waals surface area contributed by atoms with Gasteiger partial charge in [0.2, 0.25) is 5.91 Å². The highest BCUT2D eigenvalue weighted by Crippen LogP contribution is 2.23. The summed E-state index contributed by atoms with van der Waals surface area (Å²) >= 11 is 0. The number of para-hydroxylation sites is 1. The standard InChI is InChI=1S/C23H24N4O5/c1-17(28)24-16-27-15-21(22(29)32-27)18-7-9-19(10-8-18)25-11-13-26(14-12-25)23(30)31-20-5-3-2-4-6-20/h2-10,15H,11-14,16H2,1H3,(H,24,28). The van der Waals surface area contributed by atoms with E-state index in [4.69, 9.17) is 9.26 Å². The van der Waals surface area contributed by atoms with Crippen LogP contribution < -0.4 is 20.6 Å². The highest BCUT2D eigenvalue weighted by molar-refractivity contribution is 5.72. The molecule has 1 N–H and O–H groups in total. The Morgan fingerprint density at radius 2 is 1.69 bits per heavy atom. The monoisotopic (exact) mass is 436 g/mol. The third-order valence-corrected chi connectivity index (χ3v) is 5.21. The van der Waals surface area contributed by atoms with Crippen molar-refractivity contribution in [1.29, 1.82) is 0 Å². The number of anilines is 1. The van der Waals surface area contributed by atoms with Gasteiger partial charge in [-0.05, 0) is 29.8 Å². The molecule has 166 valence electrons. The van der Waals surface area contributed by atoms with Gasteiger partial charge in [-0.1, -0.05) is 30.3 Å². The predicted molar refractivity (Wildman–Crippen MR) is 118 cm³/mol. The van der Waals surface area contributed by atoms with Crippen LogP contribution in [0.4, 0.5) is 10.5 Å². The summed E-state index contributed by atoms with van der Waals surface area (Å²) in [4.78, 5) is 39.4. The van der Waals surface area contributed by atoms with Crippen LogP contribution in [0.25, 0.3) is 11.1 Å². The van der Waals surface area contributed by atoms with E-state index in [9.17, 15) is 14.4 Å². The molecule has 2 heterocycles. The third kappa shape index (κ3) is 5.00. The van der Waals surface area contributed by atoms with Crippen LogP contribution in [-0.2, 0) is 11.5 Å². The van der Waals surface area contributed by atoms with Crippen LogP contribution >= 0.6 is 0 Å². The Morgan fingerprint density at radius 3 is 2.34 bits per heavy atom. The molecule has 4 rings (SSSR count). The first-order valence-corrected chi connectivity index (χ1v) is 10.3. The summed E-state index contributed by atoms with van der Waals surface area (Å²) in [6.45, 7) is 3.97. The molecule has 2 aromatic carbocycles. The molecule has 0 radical (unpaired) electrons. The van der Waals surface area contributed by atoms with Crippen molar-refractivity contribution in [3.8, 4) is 16.9 Å². The zero-order chi connectivity index (χ0) is 22.5. The quantitative estimate of drug-likeness (QED) is 0.660. The maximum Gasteiger partial charge on any atom is 0.415 e. The van der Waals surface area contributed by atoms with E-state index in [1.54, 1.807) is 23.2 Å². The molecule has 9 nitrogen and oxygen atoms in total. The minimum atomic E-state index is -0.464. The predicted octanol–water partition coefficient (Wildman–Crippen LogP) is 2.52. The van der Waals surface area contributed by atoms with Gasteiger partial charge in [0, 0.05) is 38.8 Å². The van der Waals surface area contributed by atoms with E-state index in [0.717, 1.165) is 11.3 Å². The van der Waals surface area contributed by atoms with Crippen molar-refractivity contribution in [1.82, 2.24) is 15.0 Å². The molecular weight excluding hydrogens is 412 g/mol. The highest BCUT2D eigenvalue weighted by atomic mass is 16.6. The number of carbonyl (C=O) groups excluding carboxylic acids is 2. The Kier molecular flexibility index (Phi) is 6.25. The van der Waals surface area contributed by atoms with Crippen LogP contribution in [0.5, 0.6) is 5.75 Å². The number of aromatic nitrogens is 1. The third-order valence-electron chi connectivity index (χ3n) is 5.21. The fraction of sp³-hybridized carbons (Fsp3) is 0.261. The summed E-state index contributed by atoms with van der Waals surface area (Å²) in [5.41, 5.74) is 1.70. The Labute approximate surface area is 184 Å². The second-order valence-electron chi connectivity index (χ2n) is 7.43. The van der Waals surface area contributed by atoms with Crippen molar-refractivity contribution in [2.45, 2.75) is 13.6 Å². The second-order valence-corrected chi connectivity index (χ2v) is 7.43. The molecule has 0 atom stereocenters. The molecule has 3 aromatic rings. The minimum absolute atomic E-state index is 0.0969. The van der Waals surface area contributed by atoms with E-state index in [0.29, 0.717) is 37.5 Å². The van der Waals surface area contributed by atoms with Crippen molar-refractivity contribution >= 4 is 17.7 Å². The van der Waals surface area contributed by atoms with E-state index in [1.165, 1.54) is 11.7 Å². The van der Waals surface area contributed by atoms with E-state index < -0.39 is 5.63 Å². The number of piperazine rings is 1. The van der Waals surface area contributed by atoms with Gasteiger partial charge in [0.25, 0.3) is 0 Å². The first kappa shape index (κ1) is 21.2. The van der Waals surface area contributed by atoms with Crippen molar-refractivity contribution in [3.63, 3.8) is 0 Å². The normalized spacial score (nSPS) is 13.7. The lowest BCUT2D eigenvalue weighted by molar-refractivity contribution is -0.119. The van der Waals surface area contributed by atoms with Gasteiger partial charge >= 0.3 is 11.7 Å². The molecule has 1 aromatic heterocycles. The molecule has 1 saturated heterocycles. The van der Waals surface area contributed by atoms with Crippen LogP contribution in [0.1, 0.15) is 6.92 Å². The molecule has 0 saturated carbocycles. The number of nitrogens with zero attached hydrogens (tertiary/aromatic N) is 3. The number of amides is 2. The lowest BCUT2D eigenvalue weighted by atomic mass is 10.1. The van der Waals surface area contributed by atoms with Gasteiger partial charge in [-0.15, -0.1) is 0 Å². The van der Waals surface area contributed by atoms with Gasteiger partial charge in [0.1, 0.15) is 12.4 Å². The summed E-state index contributed by atoms with van der Waals surface area (Å²) < 4.78 is 11.8. The molecule has 0 unspecified atom stereocenters. The zero-order valence-electron chi connectivity index (χ0n) is 17.7. The summed E-state index contributed by atoms with van der Waals surface area (Å²) in [7, 11) is 0. The topological polar surface area (TPSA) is 97.0 Å². The van der Waals surface area contributed by atoms with Gasteiger partial charge in [-0.3, -0.25) is 4.79 Å². The van der Waals surface area contributed by atoms with Crippen LogP contribution in [0.15, 0.2) is 70.1 Å². The summed E-state index contributed by atoms with van der Waals surface area (Å²) in [5, 5.41) is 2.58. The average molecular weight is 436 g/mol. The summed E-state index contributed by atoms with van der Waals surface area (Å²) in [6.07, 6.45) is 1.23. The molecule has 1 fully saturated rings. The lowest BCUT2D eigenvalue weighted by Crippen LogP contribution is -2.49. The highest BCUT2D eigenvalue weighted by Gasteiger charge is 2.23. The van der Waals surface area contributed by atoms with Crippen LogP contribution in [0.3, 0.4) is 0 Å². The van der Waals surface area contributed by atoms with E-state index >= 15 is 0 Å². The molecule has 0 spiro atoms. The first-order valence-electron chi connectivity index (χ1n) is 10.3. The van der Waals surface area contributed by atoms with Crippen molar-refractivity contribution < 1.29 is 18.8 Å². The van der Waals surface area contributed by atoms with Gasteiger partial charge in [0.05, 0.1) is 11.8 Å². The molecule has 0 bridgehead atoms. The number of hydrogen-bond donors (Lipinski definition) is 1. The van der Waals surface area contributed by atoms with E-state index in [1.807, 2.05) is 42.5 Å². The smallest absolute Gasteiger partial charge is 0.410 e. The Bertz CT molecular complexity index is 1130. The van der Waals surface area contributed by atoms with Gasteiger partial charge in [-0.25, -0.2) is 9.59 Å². The van der Waals surface area contributed by atoms with Crippen LogP contribution in [0, 0.1) is 0 Å². The minimum Gasteiger partial charge on any atom is -0.410 e. The molecule has 0 aliphatic carbocycles. The van der Waals surface area contributed by atoms with Crippen molar-refractivity contribution in [2.24, 2.45) is 0 Å². The number of carbonyl (C=O) groups is 2. The number of rotatable bonds is 5. The number of ether oxygens (including phenoxy) is 1. The fourth-order valence-corrected chi connectivity index (χ4v) is 3.49. The second kappa shape index (κ2) is 9.42. The SMILES string of the molecule is CC(=O)NCn1cc(-c2ccc(N3CCN(C(=O)Oc4ccccc4)CC3)cc2)c(=O)o1. The molecule has 1 aliphatic rings. The maximum absolute atomic E-state index is 12.4.